The van der Waals surface area contributed by atoms with Gasteiger partial charge in [0.1, 0.15) is 12.6 Å². The van der Waals surface area contributed by atoms with Gasteiger partial charge in [-0.3, -0.25) is 13.9 Å². The third kappa shape index (κ3) is 8.70. The second-order valence-corrected chi connectivity index (χ2v) is 15.2. The van der Waals surface area contributed by atoms with Crippen molar-refractivity contribution < 1.29 is 18.0 Å². The molecule has 0 aliphatic heterocycles. The predicted molar refractivity (Wildman–Crippen MR) is 191 cm³/mol. The fraction of sp³-hybridized carbons (Fsp3) is 0.316. The summed E-state index contributed by atoms with van der Waals surface area (Å²) in [5.41, 5.74) is 4.78. The molecule has 7 nitrogen and oxygen atoms in total. The van der Waals surface area contributed by atoms with Crippen LogP contribution in [0, 0.1) is 20.8 Å². The van der Waals surface area contributed by atoms with E-state index < -0.39 is 28.5 Å². The van der Waals surface area contributed by atoms with Gasteiger partial charge in [-0.25, -0.2) is 8.42 Å². The SMILES string of the molecule is Cc1ccc(S(=O)(=O)N(CC(=O)N(Cc2cccc(Br)c2)C(Cc2ccccc2)C(=O)NC2CCCC2)c2ccc(C)cc2C)cc1. The minimum absolute atomic E-state index is 0.0530. The topological polar surface area (TPSA) is 86.8 Å². The van der Waals surface area contributed by atoms with E-state index in [9.17, 15) is 18.0 Å². The highest BCUT2D eigenvalue weighted by atomic mass is 79.9. The first-order valence-electron chi connectivity index (χ1n) is 16.1. The Morgan fingerprint density at radius 2 is 1.49 bits per heavy atom. The van der Waals surface area contributed by atoms with Crippen LogP contribution in [0.3, 0.4) is 0 Å². The number of sulfonamides is 1. The summed E-state index contributed by atoms with van der Waals surface area (Å²) < 4.78 is 30.7. The van der Waals surface area contributed by atoms with Gasteiger partial charge in [-0.05, 0) is 80.6 Å². The van der Waals surface area contributed by atoms with Gasteiger partial charge < -0.3 is 10.2 Å². The number of aryl methyl sites for hydroxylation is 3. The maximum atomic E-state index is 14.7. The average Bonchev–Trinajstić information content (AvgIpc) is 3.55. The van der Waals surface area contributed by atoms with Crippen molar-refractivity contribution in [1.82, 2.24) is 10.2 Å². The Morgan fingerprint density at radius 1 is 0.830 bits per heavy atom. The lowest BCUT2D eigenvalue weighted by Crippen LogP contribution is -2.54. The number of hydrogen-bond acceptors (Lipinski definition) is 4. The fourth-order valence-corrected chi connectivity index (χ4v) is 8.11. The molecule has 47 heavy (non-hydrogen) atoms. The van der Waals surface area contributed by atoms with Gasteiger partial charge in [0.05, 0.1) is 10.6 Å². The van der Waals surface area contributed by atoms with E-state index in [4.69, 9.17) is 0 Å². The molecule has 1 aliphatic rings. The summed E-state index contributed by atoms with van der Waals surface area (Å²) in [5, 5.41) is 3.22. The van der Waals surface area contributed by atoms with Crippen LogP contribution in [0.15, 0.2) is 106 Å². The van der Waals surface area contributed by atoms with E-state index >= 15 is 0 Å². The largest absolute Gasteiger partial charge is 0.352 e. The summed E-state index contributed by atoms with van der Waals surface area (Å²) in [7, 11) is -4.16. The second kappa shape index (κ2) is 15.3. The molecule has 1 aliphatic carbocycles. The number of amides is 2. The lowest BCUT2D eigenvalue weighted by atomic mass is 10.0. The monoisotopic (exact) mass is 715 g/mol. The number of rotatable bonds is 12. The summed E-state index contributed by atoms with van der Waals surface area (Å²) in [6.07, 6.45) is 4.19. The second-order valence-electron chi connectivity index (χ2n) is 12.5. The van der Waals surface area contributed by atoms with Gasteiger partial charge in [0.2, 0.25) is 11.8 Å². The first-order valence-corrected chi connectivity index (χ1v) is 18.3. The average molecular weight is 717 g/mol. The number of nitrogens with one attached hydrogen (secondary N) is 1. The molecule has 0 radical (unpaired) electrons. The molecule has 4 aromatic carbocycles. The molecule has 2 amide bonds. The van der Waals surface area contributed by atoms with Gasteiger partial charge in [-0.15, -0.1) is 0 Å². The van der Waals surface area contributed by atoms with Crippen molar-refractivity contribution in [2.24, 2.45) is 0 Å². The van der Waals surface area contributed by atoms with Crippen LogP contribution in [-0.4, -0.2) is 43.8 Å². The fourth-order valence-electron chi connectivity index (χ4n) is 6.19. The Kier molecular flexibility index (Phi) is 11.2. The van der Waals surface area contributed by atoms with Gasteiger partial charge in [0, 0.05) is 23.5 Å². The molecule has 0 saturated heterocycles. The lowest BCUT2D eigenvalue weighted by Gasteiger charge is -2.34. The molecule has 0 aromatic heterocycles. The maximum Gasteiger partial charge on any atom is 0.264 e. The van der Waals surface area contributed by atoms with E-state index in [2.05, 4.69) is 21.2 Å². The zero-order valence-electron chi connectivity index (χ0n) is 27.2. The number of anilines is 1. The number of benzene rings is 4. The van der Waals surface area contributed by atoms with Crippen molar-refractivity contribution in [3.05, 3.63) is 129 Å². The zero-order chi connectivity index (χ0) is 33.6. The highest BCUT2D eigenvalue weighted by Gasteiger charge is 2.36. The number of hydrogen-bond donors (Lipinski definition) is 1. The summed E-state index contributed by atoms with van der Waals surface area (Å²) in [6, 6.07) is 28.6. The van der Waals surface area contributed by atoms with Crippen LogP contribution in [-0.2, 0) is 32.6 Å². The van der Waals surface area contributed by atoms with E-state index in [1.165, 1.54) is 4.31 Å². The first-order chi connectivity index (χ1) is 22.5. The van der Waals surface area contributed by atoms with E-state index in [-0.39, 0.29) is 29.8 Å². The standard InChI is InChI=1S/C38H42BrN3O4S/c1-27-16-19-34(20-17-27)47(45,46)42(35-21-18-28(2)22-29(35)3)26-37(43)41(25-31-12-9-13-32(39)23-31)36(24-30-10-5-4-6-11-30)38(44)40-33-14-7-8-15-33/h4-6,9-13,16-23,33,36H,7-8,14-15,24-26H2,1-3H3,(H,40,44). The van der Waals surface area contributed by atoms with Crippen LogP contribution < -0.4 is 9.62 Å². The third-order valence-corrected chi connectivity index (χ3v) is 11.0. The zero-order valence-corrected chi connectivity index (χ0v) is 29.6. The van der Waals surface area contributed by atoms with Crippen LogP contribution in [0.1, 0.15) is 53.5 Å². The molecular weight excluding hydrogens is 674 g/mol. The van der Waals surface area contributed by atoms with Gasteiger partial charge in [0.15, 0.2) is 0 Å². The molecule has 4 aromatic rings. The van der Waals surface area contributed by atoms with Crippen molar-refractivity contribution in [1.29, 1.82) is 0 Å². The van der Waals surface area contributed by atoms with Gasteiger partial charge in [-0.1, -0.05) is 107 Å². The number of nitrogens with zero attached hydrogens (tertiary/aromatic N) is 2. The van der Waals surface area contributed by atoms with Crippen molar-refractivity contribution in [2.45, 2.75) is 76.4 Å². The number of halogens is 1. The van der Waals surface area contributed by atoms with Crippen LogP contribution in [0.5, 0.6) is 0 Å². The minimum Gasteiger partial charge on any atom is -0.352 e. The summed E-state index contributed by atoms with van der Waals surface area (Å²) in [5.74, 6) is -0.702. The van der Waals surface area contributed by atoms with E-state index in [1.54, 1.807) is 35.2 Å². The highest BCUT2D eigenvalue weighted by Crippen LogP contribution is 2.29. The van der Waals surface area contributed by atoms with Crippen LogP contribution >= 0.6 is 15.9 Å². The minimum atomic E-state index is -4.16. The quantitative estimate of drug-likeness (QED) is 0.167. The summed E-state index contributed by atoms with van der Waals surface area (Å²) in [4.78, 5) is 30.5. The lowest BCUT2D eigenvalue weighted by molar-refractivity contribution is -0.140. The molecular formula is C38H42BrN3O4S. The van der Waals surface area contributed by atoms with Gasteiger partial charge >= 0.3 is 0 Å². The van der Waals surface area contributed by atoms with Gasteiger partial charge in [-0.2, -0.15) is 0 Å². The van der Waals surface area contributed by atoms with Crippen LogP contribution in [0.25, 0.3) is 0 Å². The van der Waals surface area contributed by atoms with E-state index in [0.29, 0.717) is 5.69 Å². The van der Waals surface area contributed by atoms with Gasteiger partial charge in [0.25, 0.3) is 10.0 Å². The van der Waals surface area contributed by atoms with E-state index in [0.717, 1.165) is 58.0 Å². The molecule has 1 saturated carbocycles. The summed E-state index contributed by atoms with van der Waals surface area (Å²) >= 11 is 3.54. The molecule has 9 heteroatoms. The van der Waals surface area contributed by atoms with Crippen molar-refractivity contribution in [3.63, 3.8) is 0 Å². The van der Waals surface area contributed by atoms with Crippen LogP contribution in [0.2, 0.25) is 0 Å². The van der Waals surface area contributed by atoms with Crippen molar-refractivity contribution in [2.75, 3.05) is 10.8 Å². The molecule has 1 unspecified atom stereocenters. The first kappa shape index (κ1) is 34.4. The molecule has 0 heterocycles. The highest BCUT2D eigenvalue weighted by molar-refractivity contribution is 9.10. The molecule has 5 rings (SSSR count). The van der Waals surface area contributed by atoms with Crippen molar-refractivity contribution >= 4 is 43.5 Å². The van der Waals surface area contributed by atoms with Crippen LogP contribution in [0.4, 0.5) is 5.69 Å². The number of carbonyl (C=O) groups excluding carboxylic acids is 2. The smallest absolute Gasteiger partial charge is 0.264 e. The Hall–Kier alpha value is -3.95. The third-order valence-electron chi connectivity index (χ3n) is 8.72. The van der Waals surface area contributed by atoms with E-state index in [1.807, 2.05) is 87.5 Å². The Bertz CT molecular complexity index is 1810. The molecule has 0 spiro atoms. The Balaban J connectivity index is 1.58. The Labute approximate surface area is 287 Å². The molecule has 0 bridgehead atoms. The molecule has 1 fully saturated rings. The Morgan fingerprint density at radius 3 is 2.15 bits per heavy atom. The van der Waals surface area contributed by atoms with Crippen molar-refractivity contribution in [3.8, 4) is 0 Å². The summed E-state index contributed by atoms with van der Waals surface area (Å²) in [6.45, 7) is 5.33. The molecule has 1 N–H and O–H groups in total. The molecule has 1 atom stereocenters. The predicted octanol–water partition coefficient (Wildman–Crippen LogP) is 7.27. The molecule has 246 valence electrons. The number of carbonyl (C=O) groups is 2. The maximum absolute atomic E-state index is 14.7. The normalized spacial score (nSPS) is 14.0.